The Morgan fingerprint density at radius 3 is 3.00 bits per heavy atom. The van der Waals surface area contributed by atoms with Crippen molar-refractivity contribution < 1.29 is 9.90 Å². The van der Waals surface area contributed by atoms with Gasteiger partial charge < -0.3 is 10.0 Å². The molecule has 1 aliphatic heterocycles. The third kappa shape index (κ3) is 3.79. The Hall–Kier alpha value is -1.86. The molecule has 2 aromatic heterocycles. The molecule has 3 rings (SSSR count). The zero-order valence-corrected chi connectivity index (χ0v) is 14.9. The average molecular weight is 348 g/mol. The zero-order valence-electron chi connectivity index (χ0n) is 14.1. The Morgan fingerprint density at radius 2 is 2.33 bits per heavy atom. The van der Waals surface area contributed by atoms with Gasteiger partial charge in [0.15, 0.2) is 5.82 Å². The quantitative estimate of drug-likeness (QED) is 0.866. The molecule has 0 unspecified atom stereocenters. The Bertz CT molecular complexity index is 668. The highest BCUT2D eigenvalue weighted by Gasteiger charge is 2.31. The van der Waals surface area contributed by atoms with Crippen molar-refractivity contribution in [3.8, 4) is 0 Å². The molecule has 1 fully saturated rings. The van der Waals surface area contributed by atoms with Crippen LogP contribution in [0.1, 0.15) is 50.1 Å². The second kappa shape index (κ2) is 7.36. The average Bonchev–Trinajstić information content (AvgIpc) is 3.28. The van der Waals surface area contributed by atoms with Crippen molar-refractivity contribution in [1.82, 2.24) is 14.7 Å². The molecule has 7 heteroatoms. The topological polar surface area (TPSA) is 70.4 Å². The number of nitrogens with zero attached hydrogens (tertiary/aromatic N) is 3. The van der Waals surface area contributed by atoms with E-state index in [1.54, 1.807) is 11.3 Å². The number of carbonyl (C=O) groups is 1. The van der Waals surface area contributed by atoms with Crippen molar-refractivity contribution in [2.45, 2.75) is 51.3 Å². The van der Waals surface area contributed by atoms with Crippen LogP contribution in [0.15, 0.2) is 29.8 Å². The van der Waals surface area contributed by atoms with Gasteiger partial charge in [-0.1, -0.05) is 6.07 Å². The summed E-state index contributed by atoms with van der Waals surface area (Å²) in [5.41, 5.74) is 0. The molecule has 3 heterocycles. The zero-order chi connectivity index (χ0) is 17.1. The molecular weight excluding hydrogens is 324 g/mol. The largest absolute Gasteiger partial charge is 0.387 e. The maximum Gasteiger partial charge on any atom is 0.323 e. The van der Waals surface area contributed by atoms with Crippen LogP contribution in [0.5, 0.6) is 0 Å². The molecule has 2 N–H and O–H groups in total. The minimum atomic E-state index is -0.511. The van der Waals surface area contributed by atoms with Gasteiger partial charge in [0.1, 0.15) is 0 Å². The van der Waals surface area contributed by atoms with E-state index < -0.39 is 6.10 Å². The normalized spacial score (nSPS) is 19.0. The molecule has 0 aromatic carbocycles. The molecule has 0 aliphatic carbocycles. The van der Waals surface area contributed by atoms with E-state index in [0.717, 1.165) is 24.3 Å². The molecule has 0 bridgehead atoms. The van der Waals surface area contributed by atoms with Gasteiger partial charge in [-0.25, -0.2) is 4.79 Å². The highest BCUT2D eigenvalue weighted by atomic mass is 32.1. The first kappa shape index (κ1) is 17.0. The number of rotatable bonds is 5. The number of hydrogen-bond acceptors (Lipinski definition) is 4. The summed E-state index contributed by atoms with van der Waals surface area (Å²) in [5.74, 6) is 0.568. The number of thiophene rings is 1. The molecule has 24 heavy (non-hydrogen) atoms. The number of aromatic nitrogens is 2. The van der Waals surface area contributed by atoms with Gasteiger partial charge in [0.25, 0.3) is 0 Å². The van der Waals surface area contributed by atoms with Gasteiger partial charge >= 0.3 is 6.03 Å². The van der Waals surface area contributed by atoms with Crippen molar-refractivity contribution in [3.63, 3.8) is 0 Å². The van der Waals surface area contributed by atoms with Crippen LogP contribution in [0.3, 0.4) is 0 Å². The molecule has 130 valence electrons. The summed E-state index contributed by atoms with van der Waals surface area (Å²) in [6.07, 6.45) is 3.83. The summed E-state index contributed by atoms with van der Waals surface area (Å²) in [5, 5.41) is 19.6. The van der Waals surface area contributed by atoms with Crippen molar-refractivity contribution in [2.24, 2.45) is 0 Å². The van der Waals surface area contributed by atoms with Crippen LogP contribution in [-0.2, 0) is 0 Å². The van der Waals surface area contributed by atoms with Crippen LogP contribution in [0.4, 0.5) is 10.6 Å². The maximum atomic E-state index is 12.6. The maximum absolute atomic E-state index is 12.6. The number of aliphatic hydroxyl groups excluding tert-OH is 1. The van der Waals surface area contributed by atoms with Crippen molar-refractivity contribution >= 4 is 23.2 Å². The fourth-order valence-corrected chi connectivity index (χ4v) is 3.80. The van der Waals surface area contributed by atoms with Crippen LogP contribution in [-0.4, -0.2) is 38.4 Å². The number of aliphatic hydroxyl groups is 1. The number of urea groups is 1. The lowest BCUT2D eigenvalue weighted by Crippen LogP contribution is -2.39. The molecule has 2 atom stereocenters. The summed E-state index contributed by atoms with van der Waals surface area (Å²) in [6, 6.07) is 5.87. The van der Waals surface area contributed by atoms with Crippen LogP contribution in [0, 0.1) is 0 Å². The van der Waals surface area contributed by atoms with Gasteiger partial charge in [0, 0.05) is 35.8 Å². The fourth-order valence-electron chi connectivity index (χ4n) is 3.08. The van der Waals surface area contributed by atoms with Crippen LogP contribution >= 0.6 is 11.3 Å². The van der Waals surface area contributed by atoms with Crippen LogP contribution in [0.25, 0.3) is 0 Å². The predicted octanol–water partition coefficient (Wildman–Crippen LogP) is 3.65. The van der Waals surface area contributed by atoms with Crippen molar-refractivity contribution in [2.75, 3.05) is 11.9 Å². The summed E-state index contributed by atoms with van der Waals surface area (Å²) < 4.78 is 1.82. The van der Waals surface area contributed by atoms with Gasteiger partial charge in [-0.3, -0.25) is 10.00 Å². The molecule has 1 saturated heterocycles. The Labute approximate surface area is 146 Å². The van der Waals surface area contributed by atoms with Gasteiger partial charge in [-0.15, -0.1) is 11.3 Å². The smallest absolute Gasteiger partial charge is 0.323 e. The lowest BCUT2D eigenvalue weighted by molar-refractivity contribution is 0.132. The molecule has 2 amide bonds. The minimum absolute atomic E-state index is 0.0642. The molecule has 0 spiro atoms. The second-order valence-corrected chi connectivity index (χ2v) is 7.44. The minimum Gasteiger partial charge on any atom is -0.387 e. The highest BCUT2D eigenvalue weighted by molar-refractivity contribution is 7.10. The van der Waals surface area contributed by atoms with Crippen LogP contribution < -0.4 is 5.32 Å². The van der Waals surface area contributed by atoms with E-state index in [0.29, 0.717) is 12.2 Å². The monoisotopic (exact) mass is 348 g/mol. The third-order valence-corrected chi connectivity index (χ3v) is 5.35. The number of nitrogens with one attached hydrogen (secondary N) is 1. The van der Waals surface area contributed by atoms with Crippen LogP contribution in [0.2, 0.25) is 0 Å². The van der Waals surface area contributed by atoms with E-state index in [1.165, 1.54) is 0 Å². The lowest BCUT2D eigenvalue weighted by Gasteiger charge is -2.26. The van der Waals surface area contributed by atoms with E-state index in [1.807, 2.05) is 53.2 Å². The van der Waals surface area contributed by atoms with Gasteiger partial charge in [-0.05, 0) is 44.6 Å². The van der Waals surface area contributed by atoms with Crippen molar-refractivity contribution in [1.29, 1.82) is 0 Å². The van der Waals surface area contributed by atoms with E-state index in [2.05, 4.69) is 10.4 Å². The number of amides is 2. The Kier molecular flexibility index (Phi) is 5.20. The molecule has 2 aromatic rings. The molecule has 0 radical (unpaired) electrons. The van der Waals surface area contributed by atoms with Gasteiger partial charge in [0.05, 0.1) is 6.10 Å². The summed E-state index contributed by atoms with van der Waals surface area (Å²) >= 11 is 1.55. The number of likely N-dealkylation sites (tertiary alicyclic amines) is 1. The summed E-state index contributed by atoms with van der Waals surface area (Å²) in [4.78, 5) is 15.3. The SMILES string of the molecule is CC(C)n1ccc(NC(=O)N2CCC[C@@H]2C[C@@H](O)c2cccs2)n1. The van der Waals surface area contributed by atoms with E-state index in [-0.39, 0.29) is 18.1 Å². The Balaban J connectivity index is 1.60. The van der Waals surface area contributed by atoms with Crippen molar-refractivity contribution in [3.05, 3.63) is 34.7 Å². The fraction of sp³-hybridized carbons (Fsp3) is 0.529. The number of carbonyl (C=O) groups excluding carboxylic acids is 1. The molecular formula is C17H24N4O2S. The third-order valence-electron chi connectivity index (χ3n) is 4.38. The summed E-state index contributed by atoms with van der Waals surface area (Å²) in [7, 11) is 0. The van der Waals surface area contributed by atoms with E-state index >= 15 is 0 Å². The predicted molar refractivity (Wildman–Crippen MR) is 95.3 cm³/mol. The lowest BCUT2D eigenvalue weighted by atomic mass is 10.1. The molecule has 1 aliphatic rings. The first-order valence-electron chi connectivity index (χ1n) is 8.39. The Morgan fingerprint density at radius 1 is 1.50 bits per heavy atom. The van der Waals surface area contributed by atoms with Gasteiger partial charge in [-0.2, -0.15) is 5.10 Å². The number of anilines is 1. The first-order chi connectivity index (χ1) is 11.5. The standard InChI is InChI=1S/C17H24N4O2S/c1-12(2)21-9-7-16(19-21)18-17(23)20-8-3-5-13(20)11-14(22)15-6-4-10-24-15/h4,6-7,9-10,12-14,22H,3,5,8,11H2,1-2H3,(H,18,19,23)/t13-,14-/m1/s1. The van der Waals surface area contributed by atoms with E-state index in [9.17, 15) is 9.90 Å². The number of hydrogen-bond donors (Lipinski definition) is 2. The molecule has 0 saturated carbocycles. The van der Waals surface area contributed by atoms with Gasteiger partial charge in [0.2, 0.25) is 0 Å². The highest BCUT2D eigenvalue weighted by Crippen LogP contribution is 2.29. The second-order valence-electron chi connectivity index (χ2n) is 6.46. The molecule has 6 nitrogen and oxygen atoms in total. The van der Waals surface area contributed by atoms with E-state index in [4.69, 9.17) is 0 Å². The summed E-state index contributed by atoms with van der Waals surface area (Å²) in [6.45, 7) is 4.81. The first-order valence-corrected chi connectivity index (χ1v) is 9.27.